The summed E-state index contributed by atoms with van der Waals surface area (Å²) in [5.41, 5.74) is 8.51. The van der Waals surface area contributed by atoms with Crippen molar-refractivity contribution in [2.24, 2.45) is 5.73 Å². The maximum absolute atomic E-state index is 6.06. The average Bonchev–Trinajstić information content (AvgIpc) is 2.58. The highest BCUT2D eigenvalue weighted by atomic mass is 16.3. The Morgan fingerprint density at radius 2 is 2.00 bits per heavy atom. The number of fused-ring (bicyclic) bond motifs is 1. The Morgan fingerprint density at radius 3 is 2.56 bits per heavy atom. The van der Waals surface area contributed by atoms with E-state index in [2.05, 4.69) is 18.8 Å². The van der Waals surface area contributed by atoms with E-state index in [4.69, 9.17) is 10.2 Å². The molecule has 0 aliphatic heterocycles. The molecular formula is C13H18N2O. The van der Waals surface area contributed by atoms with E-state index in [0.717, 1.165) is 22.6 Å². The fourth-order valence-electron chi connectivity index (χ4n) is 1.59. The molecule has 0 saturated carbocycles. The quantitative estimate of drug-likeness (QED) is 0.842. The minimum Gasteiger partial charge on any atom is -0.440 e. The standard InChI is InChI=1S/C13H18N2O/c1-8(2)12-15-10-7-9(13(3,4)14)5-6-11(10)16-12/h5-8H,14H2,1-4H3. The lowest BCUT2D eigenvalue weighted by molar-refractivity contribution is 0.501. The molecule has 0 aliphatic rings. The predicted molar refractivity (Wildman–Crippen MR) is 65.3 cm³/mol. The van der Waals surface area contributed by atoms with Gasteiger partial charge in [0.25, 0.3) is 0 Å². The number of benzene rings is 1. The summed E-state index contributed by atoms with van der Waals surface area (Å²) < 4.78 is 5.65. The number of hydrogen-bond acceptors (Lipinski definition) is 3. The summed E-state index contributed by atoms with van der Waals surface area (Å²) >= 11 is 0. The highest BCUT2D eigenvalue weighted by molar-refractivity contribution is 5.73. The van der Waals surface area contributed by atoms with Crippen LogP contribution in [0.15, 0.2) is 22.6 Å². The third-order valence-corrected chi connectivity index (χ3v) is 2.64. The van der Waals surface area contributed by atoms with Gasteiger partial charge in [-0.15, -0.1) is 0 Å². The Labute approximate surface area is 95.7 Å². The molecule has 2 rings (SSSR count). The van der Waals surface area contributed by atoms with Gasteiger partial charge in [-0.05, 0) is 31.5 Å². The summed E-state index contributed by atoms with van der Waals surface area (Å²) in [4.78, 5) is 4.46. The molecule has 0 radical (unpaired) electrons. The van der Waals surface area contributed by atoms with Crippen LogP contribution in [0.3, 0.4) is 0 Å². The van der Waals surface area contributed by atoms with Crippen molar-refractivity contribution in [2.45, 2.75) is 39.2 Å². The Balaban J connectivity index is 2.54. The molecule has 16 heavy (non-hydrogen) atoms. The summed E-state index contributed by atoms with van der Waals surface area (Å²) in [5.74, 6) is 1.09. The molecule has 0 saturated heterocycles. The molecule has 0 fully saturated rings. The highest BCUT2D eigenvalue weighted by Crippen LogP contribution is 2.25. The van der Waals surface area contributed by atoms with Gasteiger partial charge in [0, 0.05) is 11.5 Å². The first kappa shape index (κ1) is 11.1. The van der Waals surface area contributed by atoms with Crippen LogP contribution >= 0.6 is 0 Å². The first-order valence-electron chi connectivity index (χ1n) is 5.58. The van der Waals surface area contributed by atoms with Crippen LogP contribution in [0.5, 0.6) is 0 Å². The van der Waals surface area contributed by atoms with Gasteiger partial charge in [-0.1, -0.05) is 19.9 Å². The van der Waals surface area contributed by atoms with Crippen molar-refractivity contribution in [3.05, 3.63) is 29.7 Å². The number of nitrogens with zero attached hydrogens (tertiary/aromatic N) is 1. The molecule has 0 aliphatic carbocycles. The molecule has 0 atom stereocenters. The number of nitrogens with two attached hydrogens (primary N) is 1. The average molecular weight is 218 g/mol. The Bertz CT molecular complexity index is 506. The van der Waals surface area contributed by atoms with Gasteiger partial charge in [0.2, 0.25) is 0 Å². The smallest absolute Gasteiger partial charge is 0.198 e. The molecule has 1 heterocycles. The van der Waals surface area contributed by atoms with Crippen LogP contribution < -0.4 is 5.73 Å². The van der Waals surface area contributed by atoms with Gasteiger partial charge in [0.15, 0.2) is 11.5 Å². The first-order chi connectivity index (χ1) is 7.38. The molecule has 1 aromatic carbocycles. The van der Waals surface area contributed by atoms with Gasteiger partial charge < -0.3 is 10.2 Å². The Hall–Kier alpha value is -1.35. The third-order valence-electron chi connectivity index (χ3n) is 2.64. The third kappa shape index (κ3) is 1.95. The largest absolute Gasteiger partial charge is 0.440 e. The lowest BCUT2D eigenvalue weighted by Crippen LogP contribution is -2.28. The topological polar surface area (TPSA) is 52.0 Å². The van der Waals surface area contributed by atoms with Crippen molar-refractivity contribution in [1.29, 1.82) is 0 Å². The molecular weight excluding hydrogens is 200 g/mol. The second-order valence-corrected chi connectivity index (χ2v) is 5.11. The fourth-order valence-corrected chi connectivity index (χ4v) is 1.59. The minimum absolute atomic E-state index is 0.307. The molecule has 2 aromatic rings. The van der Waals surface area contributed by atoms with Gasteiger partial charge in [0.1, 0.15) is 5.52 Å². The Kier molecular flexibility index (Phi) is 2.50. The predicted octanol–water partition coefficient (Wildman–Crippen LogP) is 3.15. The van der Waals surface area contributed by atoms with E-state index in [1.807, 2.05) is 32.0 Å². The zero-order valence-corrected chi connectivity index (χ0v) is 10.2. The summed E-state index contributed by atoms with van der Waals surface area (Å²) in [6.45, 7) is 8.10. The van der Waals surface area contributed by atoms with E-state index in [1.54, 1.807) is 0 Å². The van der Waals surface area contributed by atoms with Gasteiger partial charge in [-0.3, -0.25) is 0 Å². The number of hydrogen-bond donors (Lipinski definition) is 1. The molecule has 3 nitrogen and oxygen atoms in total. The zero-order chi connectivity index (χ0) is 11.9. The molecule has 0 spiro atoms. The fraction of sp³-hybridized carbons (Fsp3) is 0.462. The zero-order valence-electron chi connectivity index (χ0n) is 10.2. The van der Waals surface area contributed by atoms with E-state index < -0.39 is 0 Å². The van der Waals surface area contributed by atoms with Crippen LogP contribution in [0.25, 0.3) is 11.1 Å². The monoisotopic (exact) mass is 218 g/mol. The summed E-state index contributed by atoms with van der Waals surface area (Å²) in [5, 5.41) is 0. The molecule has 0 amide bonds. The van der Waals surface area contributed by atoms with Crippen molar-refractivity contribution in [2.75, 3.05) is 0 Å². The van der Waals surface area contributed by atoms with Gasteiger partial charge >= 0.3 is 0 Å². The number of aromatic nitrogens is 1. The van der Waals surface area contributed by atoms with Crippen LogP contribution in [-0.4, -0.2) is 4.98 Å². The molecule has 0 unspecified atom stereocenters. The van der Waals surface area contributed by atoms with Crippen molar-refractivity contribution in [1.82, 2.24) is 4.98 Å². The molecule has 3 heteroatoms. The lowest BCUT2D eigenvalue weighted by atomic mass is 9.95. The van der Waals surface area contributed by atoms with Crippen LogP contribution in [0.1, 0.15) is 45.1 Å². The second kappa shape index (κ2) is 3.59. The normalized spacial score (nSPS) is 12.6. The van der Waals surface area contributed by atoms with Crippen molar-refractivity contribution >= 4 is 11.1 Å². The molecule has 2 N–H and O–H groups in total. The first-order valence-corrected chi connectivity index (χ1v) is 5.58. The maximum Gasteiger partial charge on any atom is 0.198 e. The van der Waals surface area contributed by atoms with Gasteiger partial charge in [-0.2, -0.15) is 0 Å². The van der Waals surface area contributed by atoms with Crippen LogP contribution in [-0.2, 0) is 5.54 Å². The van der Waals surface area contributed by atoms with E-state index in [1.165, 1.54) is 0 Å². The van der Waals surface area contributed by atoms with Crippen LogP contribution in [0.4, 0.5) is 0 Å². The summed E-state index contributed by atoms with van der Waals surface area (Å²) in [7, 11) is 0. The molecule has 1 aromatic heterocycles. The maximum atomic E-state index is 6.06. The van der Waals surface area contributed by atoms with Crippen molar-refractivity contribution < 1.29 is 4.42 Å². The Morgan fingerprint density at radius 1 is 1.31 bits per heavy atom. The van der Waals surface area contributed by atoms with Crippen LogP contribution in [0.2, 0.25) is 0 Å². The number of oxazole rings is 1. The van der Waals surface area contributed by atoms with E-state index in [9.17, 15) is 0 Å². The van der Waals surface area contributed by atoms with Gasteiger partial charge in [0.05, 0.1) is 0 Å². The summed E-state index contributed by atoms with van der Waals surface area (Å²) in [6, 6.07) is 5.94. The van der Waals surface area contributed by atoms with Crippen LogP contribution in [0, 0.1) is 0 Å². The molecule has 0 bridgehead atoms. The highest BCUT2D eigenvalue weighted by Gasteiger charge is 2.16. The van der Waals surface area contributed by atoms with Gasteiger partial charge in [-0.25, -0.2) is 4.98 Å². The lowest BCUT2D eigenvalue weighted by Gasteiger charge is -2.18. The second-order valence-electron chi connectivity index (χ2n) is 5.11. The number of rotatable bonds is 2. The van der Waals surface area contributed by atoms with E-state index in [0.29, 0.717) is 5.92 Å². The SMILES string of the molecule is CC(C)c1nc2cc(C(C)(C)N)ccc2o1. The summed E-state index contributed by atoms with van der Waals surface area (Å²) in [6.07, 6.45) is 0. The van der Waals surface area contributed by atoms with E-state index in [-0.39, 0.29) is 5.54 Å². The van der Waals surface area contributed by atoms with Crippen molar-refractivity contribution in [3.8, 4) is 0 Å². The minimum atomic E-state index is -0.342. The van der Waals surface area contributed by atoms with Crippen molar-refractivity contribution in [3.63, 3.8) is 0 Å². The molecule has 86 valence electrons. The van der Waals surface area contributed by atoms with E-state index >= 15 is 0 Å².